The molecular weight excluding hydrogens is 270 g/mol. The van der Waals surface area contributed by atoms with Crippen molar-refractivity contribution < 1.29 is 4.79 Å². The van der Waals surface area contributed by atoms with Crippen molar-refractivity contribution >= 4 is 27.5 Å². The van der Waals surface area contributed by atoms with E-state index in [4.69, 9.17) is 0 Å². The molecule has 1 fully saturated rings. The fourth-order valence-corrected chi connectivity index (χ4v) is 2.19. The highest BCUT2D eigenvalue weighted by molar-refractivity contribution is 9.10. The average Bonchev–Trinajstić information content (AvgIpc) is 2.75. The summed E-state index contributed by atoms with van der Waals surface area (Å²) >= 11 is 3.29. The summed E-state index contributed by atoms with van der Waals surface area (Å²) in [4.78, 5) is 16.1. The van der Waals surface area contributed by atoms with Crippen LogP contribution < -0.4 is 10.6 Å². The molecule has 1 aromatic rings. The molecule has 0 saturated carbocycles. The molecule has 2 N–H and O–H groups in total. The lowest BCUT2D eigenvalue weighted by molar-refractivity contribution is -0.117. The number of halogens is 1. The summed E-state index contributed by atoms with van der Waals surface area (Å²) in [6.07, 6.45) is 1.98. The molecule has 86 valence electrons. The van der Waals surface area contributed by atoms with Crippen LogP contribution in [0.1, 0.15) is 18.5 Å². The SMILES string of the molecule is Cc1nc(Br)ccc1NC(=O)[C@@H]1CCCN1. The number of pyridine rings is 1. The lowest BCUT2D eigenvalue weighted by atomic mass is 10.2. The molecule has 0 bridgehead atoms. The first kappa shape index (κ1) is 11.5. The third kappa shape index (κ3) is 2.59. The standard InChI is InChI=1S/C11H14BrN3O/c1-7-8(4-5-10(12)14-7)15-11(16)9-3-2-6-13-9/h4-5,9,13H,2-3,6H2,1H3,(H,15,16)/t9-/m0/s1. The molecule has 2 heterocycles. The van der Waals surface area contributed by atoms with Crippen LogP contribution in [0.2, 0.25) is 0 Å². The third-order valence-electron chi connectivity index (χ3n) is 2.69. The van der Waals surface area contributed by atoms with Crippen LogP contribution in [0.4, 0.5) is 5.69 Å². The van der Waals surface area contributed by atoms with E-state index in [0.29, 0.717) is 0 Å². The summed E-state index contributed by atoms with van der Waals surface area (Å²) in [6.45, 7) is 2.80. The van der Waals surface area contributed by atoms with Crippen molar-refractivity contribution in [2.45, 2.75) is 25.8 Å². The smallest absolute Gasteiger partial charge is 0.241 e. The predicted octanol–water partition coefficient (Wildman–Crippen LogP) is 1.84. The molecule has 16 heavy (non-hydrogen) atoms. The van der Waals surface area contributed by atoms with E-state index in [1.807, 2.05) is 19.1 Å². The van der Waals surface area contributed by atoms with Gasteiger partial charge in [-0.1, -0.05) is 0 Å². The molecule has 0 unspecified atom stereocenters. The van der Waals surface area contributed by atoms with Crippen LogP contribution in [0.5, 0.6) is 0 Å². The minimum atomic E-state index is -0.0527. The monoisotopic (exact) mass is 283 g/mol. The van der Waals surface area contributed by atoms with Crippen LogP contribution in [0.3, 0.4) is 0 Å². The van der Waals surface area contributed by atoms with Gasteiger partial charge in [-0.05, 0) is 54.4 Å². The Balaban J connectivity index is 2.05. The number of nitrogens with zero attached hydrogens (tertiary/aromatic N) is 1. The maximum atomic E-state index is 11.8. The summed E-state index contributed by atoms with van der Waals surface area (Å²) in [7, 11) is 0. The van der Waals surface area contributed by atoms with Crippen LogP contribution in [0, 0.1) is 6.92 Å². The maximum absolute atomic E-state index is 11.8. The number of rotatable bonds is 2. The average molecular weight is 284 g/mol. The van der Waals surface area contributed by atoms with E-state index in [9.17, 15) is 4.79 Å². The van der Waals surface area contributed by atoms with E-state index >= 15 is 0 Å². The largest absolute Gasteiger partial charge is 0.323 e. The first-order valence-corrected chi connectivity index (χ1v) is 6.13. The van der Waals surface area contributed by atoms with Gasteiger partial charge in [0.25, 0.3) is 0 Å². The van der Waals surface area contributed by atoms with Gasteiger partial charge in [-0.2, -0.15) is 0 Å². The second kappa shape index (κ2) is 4.93. The van der Waals surface area contributed by atoms with E-state index in [1.54, 1.807) is 0 Å². The fourth-order valence-electron chi connectivity index (χ4n) is 1.79. The van der Waals surface area contributed by atoms with Gasteiger partial charge in [0.2, 0.25) is 5.91 Å². The molecule has 1 aliphatic heterocycles. The molecule has 0 aromatic carbocycles. The van der Waals surface area contributed by atoms with Crippen molar-refractivity contribution in [1.29, 1.82) is 0 Å². The van der Waals surface area contributed by atoms with Crippen molar-refractivity contribution in [3.8, 4) is 0 Å². The minimum Gasteiger partial charge on any atom is -0.323 e. The van der Waals surface area contributed by atoms with Gasteiger partial charge >= 0.3 is 0 Å². The third-order valence-corrected chi connectivity index (χ3v) is 3.13. The van der Waals surface area contributed by atoms with Gasteiger partial charge in [0.05, 0.1) is 17.4 Å². The van der Waals surface area contributed by atoms with E-state index in [0.717, 1.165) is 35.4 Å². The summed E-state index contributed by atoms with van der Waals surface area (Å²) in [5.74, 6) is 0.0322. The number of hydrogen-bond acceptors (Lipinski definition) is 3. The van der Waals surface area contributed by atoms with Crippen LogP contribution >= 0.6 is 15.9 Å². The lowest BCUT2D eigenvalue weighted by Crippen LogP contribution is -2.35. The fraction of sp³-hybridized carbons (Fsp3) is 0.455. The highest BCUT2D eigenvalue weighted by Gasteiger charge is 2.22. The topological polar surface area (TPSA) is 54.0 Å². The van der Waals surface area contributed by atoms with Gasteiger partial charge in [0.15, 0.2) is 0 Å². The first-order chi connectivity index (χ1) is 7.66. The van der Waals surface area contributed by atoms with Crippen molar-refractivity contribution in [2.75, 3.05) is 11.9 Å². The van der Waals surface area contributed by atoms with Gasteiger partial charge in [-0.15, -0.1) is 0 Å². The number of carbonyl (C=O) groups is 1. The maximum Gasteiger partial charge on any atom is 0.241 e. The molecule has 0 spiro atoms. The van der Waals surface area contributed by atoms with Crippen LogP contribution in [0.25, 0.3) is 0 Å². The summed E-state index contributed by atoms with van der Waals surface area (Å²) in [6, 6.07) is 3.63. The van der Waals surface area contributed by atoms with E-state index in [2.05, 4.69) is 31.5 Å². The molecule has 1 atom stereocenters. The molecule has 2 rings (SSSR count). The van der Waals surface area contributed by atoms with Gasteiger partial charge in [0.1, 0.15) is 4.60 Å². The Morgan fingerprint density at radius 1 is 1.62 bits per heavy atom. The molecule has 1 amide bonds. The molecule has 0 radical (unpaired) electrons. The number of aromatic nitrogens is 1. The molecule has 1 aromatic heterocycles. The molecule has 4 nitrogen and oxygen atoms in total. The molecular formula is C11H14BrN3O. The van der Waals surface area contributed by atoms with Gasteiger partial charge in [-0.25, -0.2) is 4.98 Å². The zero-order valence-electron chi connectivity index (χ0n) is 9.09. The summed E-state index contributed by atoms with van der Waals surface area (Å²) in [5, 5.41) is 6.06. The van der Waals surface area contributed by atoms with E-state index in [1.165, 1.54) is 0 Å². The van der Waals surface area contributed by atoms with Gasteiger partial charge < -0.3 is 10.6 Å². The van der Waals surface area contributed by atoms with Gasteiger partial charge in [-0.3, -0.25) is 4.79 Å². The Kier molecular flexibility index (Phi) is 3.56. The van der Waals surface area contributed by atoms with Crippen molar-refractivity contribution in [3.63, 3.8) is 0 Å². The van der Waals surface area contributed by atoms with Crippen molar-refractivity contribution in [3.05, 3.63) is 22.4 Å². The van der Waals surface area contributed by atoms with E-state index < -0.39 is 0 Å². The Labute approximate surface area is 103 Å². The van der Waals surface area contributed by atoms with Crippen LogP contribution in [0.15, 0.2) is 16.7 Å². The number of hydrogen-bond donors (Lipinski definition) is 2. The molecule has 1 aliphatic rings. The highest BCUT2D eigenvalue weighted by atomic mass is 79.9. The normalized spacial score (nSPS) is 19.8. The number of anilines is 1. The summed E-state index contributed by atoms with van der Waals surface area (Å²) in [5.41, 5.74) is 1.60. The Bertz CT molecular complexity index is 402. The van der Waals surface area contributed by atoms with Crippen LogP contribution in [-0.2, 0) is 4.79 Å². The second-order valence-corrected chi connectivity index (χ2v) is 4.72. The van der Waals surface area contributed by atoms with Gasteiger partial charge in [0, 0.05) is 0 Å². The number of nitrogens with one attached hydrogen (secondary N) is 2. The van der Waals surface area contributed by atoms with E-state index in [-0.39, 0.29) is 11.9 Å². The zero-order chi connectivity index (χ0) is 11.5. The Morgan fingerprint density at radius 2 is 2.44 bits per heavy atom. The lowest BCUT2D eigenvalue weighted by Gasteiger charge is -2.12. The number of carbonyl (C=O) groups excluding carboxylic acids is 1. The second-order valence-electron chi connectivity index (χ2n) is 3.91. The van der Waals surface area contributed by atoms with Crippen molar-refractivity contribution in [1.82, 2.24) is 10.3 Å². The Hall–Kier alpha value is -0.940. The molecule has 0 aliphatic carbocycles. The predicted molar refractivity (Wildman–Crippen MR) is 66.3 cm³/mol. The quantitative estimate of drug-likeness (QED) is 0.815. The van der Waals surface area contributed by atoms with Crippen LogP contribution in [-0.4, -0.2) is 23.5 Å². The number of aryl methyl sites for hydroxylation is 1. The Morgan fingerprint density at radius 3 is 3.06 bits per heavy atom. The minimum absolute atomic E-state index is 0.0322. The molecule has 5 heteroatoms. The highest BCUT2D eigenvalue weighted by Crippen LogP contribution is 2.17. The molecule has 1 saturated heterocycles. The number of amides is 1. The first-order valence-electron chi connectivity index (χ1n) is 5.34. The van der Waals surface area contributed by atoms with Crippen molar-refractivity contribution in [2.24, 2.45) is 0 Å². The summed E-state index contributed by atoms with van der Waals surface area (Å²) < 4.78 is 0.780. The zero-order valence-corrected chi connectivity index (χ0v) is 10.7.